The Bertz CT molecular complexity index is 632. The van der Waals surface area contributed by atoms with Gasteiger partial charge in [-0.25, -0.2) is 4.79 Å². The number of carbonyl (C=O) groups is 2. The Morgan fingerprint density at radius 2 is 1.76 bits per heavy atom. The van der Waals surface area contributed by atoms with Crippen LogP contribution in [0.25, 0.3) is 0 Å². The number of nitrogens with one attached hydrogen (secondary N) is 1. The molecule has 0 unspecified atom stereocenters. The van der Waals surface area contributed by atoms with Gasteiger partial charge in [-0.3, -0.25) is 4.79 Å². The molecule has 1 aromatic heterocycles. The third-order valence-electron chi connectivity index (χ3n) is 3.22. The van der Waals surface area contributed by atoms with Gasteiger partial charge in [0.05, 0.1) is 0 Å². The van der Waals surface area contributed by atoms with Crippen molar-refractivity contribution in [2.45, 2.75) is 25.9 Å². The molecule has 2 rings (SSSR count). The highest BCUT2D eigenvalue weighted by Gasteiger charge is 2.23. The summed E-state index contributed by atoms with van der Waals surface area (Å²) in [7, 11) is 0. The van der Waals surface area contributed by atoms with Crippen LogP contribution in [0.5, 0.6) is 0 Å². The van der Waals surface area contributed by atoms with Crippen molar-refractivity contribution in [3.8, 4) is 0 Å². The molecule has 2 N–H and O–H groups in total. The Kier molecular flexibility index (Phi) is 4.42. The zero-order valence-corrected chi connectivity index (χ0v) is 12.0. The first-order chi connectivity index (χ1) is 10.0. The van der Waals surface area contributed by atoms with Crippen LogP contribution >= 0.6 is 0 Å². The lowest BCUT2D eigenvalue weighted by atomic mass is 10.1. The molecule has 5 heteroatoms. The molecule has 0 radical (unpaired) electrons. The minimum absolute atomic E-state index is 0.126. The van der Waals surface area contributed by atoms with Gasteiger partial charge >= 0.3 is 5.97 Å². The molecule has 0 spiro atoms. The van der Waals surface area contributed by atoms with E-state index in [1.54, 1.807) is 53.2 Å². The van der Waals surface area contributed by atoms with Crippen molar-refractivity contribution in [3.63, 3.8) is 0 Å². The molecular weight excluding hydrogens is 268 g/mol. The highest BCUT2D eigenvalue weighted by Crippen LogP contribution is 2.16. The first kappa shape index (κ1) is 14.8. The SMILES string of the molecule is CC(C)n1cccc1C(=O)N[C@H](C(=O)O)c1ccccc1. The maximum atomic E-state index is 12.3. The molecule has 5 nitrogen and oxygen atoms in total. The number of benzene rings is 1. The van der Waals surface area contributed by atoms with Crippen LogP contribution in [0.15, 0.2) is 48.7 Å². The molecular formula is C16H18N2O3. The summed E-state index contributed by atoms with van der Waals surface area (Å²) in [4.78, 5) is 23.7. The molecule has 21 heavy (non-hydrogen) atoms. The molecule has 1 aromatic carbocycles. The molecule has 110 valence electrons. The van der Waals surface area contributed by atoms with E-state index < -0.39 is 17.9 Å². The van der Waals surface area contributed by atoms with E-state index in [0.717, 1.165) is 0 Å². The van der Waals surface area contributed by atoms with E-state index in [9.17, 15) is 14.7 Å². The molecule has 0 bridgehead atoms. The van der Waals surface area contributed by atoms with E-state index in [-0.39, 0.29) is 6.04 Å². The number of carbonyl (C=O) groups excluding carboxylic acids is 1. The van der Waals surface area contributed by atoms with Gasteiger partial charge < -0.3 is 15.0 Å². The standard InChI is InChI=1S/C16H18N2O3/c1-11(2)18-10-6-9-13(18)15(19)17-14(16(20)21)12-7-4-3-5-8-12/h3-11,14H,1-2H3,(H,17,19)(H,20,21)/t14-/m0/s1. The largest absolute Gasteiger partial charge is 0.479 e. The zero-order valence-electron chi connectivity index (χ0n) is 12.0. The summed E-state index contributed by atoms with van der Waals surface area (Å²) in [5, 5.41) is 11.9. The lowest BCUT2D eigenvalue weighted by molar-refractivity contribution is -0.139. The zero-order chi connectivity index (χ0) is 15.4. The summed E-state index contributed by atoms with van der Waals surface area (Å²) >= 11 is 0. The van der Waals surface area contributed by atoms with Gasteiger partial charge in [0.15, 0.2) is 6.04 Å². The molecule has 0 aliphatic heterocycles. The predicted molar refractivity (Wildman–Crippen MR) is 79.1 cm³/mol. The normalized spacial score (nSPS) is 12.1. The number of hydrogen-bond acceptors (Lipinski definition) is 2. The lowest BCUT2D eigenvalue weighted by Crippen LogP contribution is -2.35. The third kappa shape index (κ3) is 3.31. The van der Waals surface area contributed by atoms with Crippen LogP contribution in [-0.4, -0.2) is 21.6 Å². The van der Waals surface area contributed by atoms with E-state index in [4.69, 9.17) is 0 Å². The minimum Gasteiger partial charge on any atom is -0.479 e. The Balaban J connectivity index is 2.24. The molecule has 0 aliphatic rings. The van der Waals surface area contributed by atoms with Crippen LogP contribution in [0.4, 0.5) is 0 Å². The van der Waals surface area contributed by atoms with Crippen molar-refractivity contribution in [2.24, 2.45) is 0 Å². The van der Waals surface area contributed by atoms with E-state index in [2.05, 4.69) is 5.32 Å². The van der Waals surface area contributed by atoms with Crippen molar-refractivity contribution in [3.05, 3.63) is 59.9 Å². The van der Waals surface area contributed by atoms with Crippen molar-refractivity contribution in [1.82, 2.24) is 9.88 Å². The minimum atomic E-state index is -1.09. The highest BCUT2D eigenvalue weighted by atomic mass is 16.4. The van der Waals surface area contributed by atoms with Crippen LogP contribution in [-0.2, 0) is 4.79 Å². The van der Waals surface area contributed by atoms with E-state index in [1.165, 1.54) is 0 Å². The third-order valence-corrected chi connectivity index (χ3v) is 3.22. The van der Waals surface area contributed by atoms with Crippen molar-refractivity contribution in [1.29, 1.82) is 0 Å². The fourth-order valence-electron chi connectivity index (χ4n) is 2.17. The summed E-state index contributed by atoms with van der Waals surface area (Å²) in [5.41, 5.74) is 0.994. The second-order valence-electron chi connectivity index (χ2n) is 5.05. The van der Waals surface area contributed by atoms with Crippen LogP contribution in [0.1, 0.15) is 42.0 Å². The van der Waals surface area contributed by atoms with Crippen molar-refractivity contribution < 1.29 is 14.7 Å². The molecule has 1 amide bonds. The molecule has 1 heterocycles. The molecule has 2 aromatic rings. The van der Waals surface area contributed by atoms with E-state index in [0.29, 0.717) is 11.3 Å². The topological polar surface area (TPSA) is 71.3 Å². The number of hydrogen-bond donors (Lipinski definition) is 2. The number of amides is 1. The number of carboxylic acids is 1. The molecule has 0 saturated heterocycles. The van der Waals surface area contributed by atoms with Gasteiger partial charge in [0, 0.05) is 12.2 Å². The van der Waals surface area contributed by atoms with Gasteiger partial charge in [0.2, 0.25) is 0 Å². The summed E-state index contributed by atoms with van der Waals surface area (Å²) < 4.78 is 1.80. The highest BCUT2D eigenvalue weighted by molar-refractivity contribution is 5.95. The van der Waals surface area contributed by atoms with Gasteiger partial charge in [0.1, 0.15) is 5.69 Å². The Morgan fingerprint density at radius 3 is 2.33 bits per heavy atom. The second-order valence-corrected chi connectivity index (χ2v) is 5.05. The smallest absolute Gasteiger partial charge is 0.330 e. The van der Waals surface area contributed by atoms with Crippen molar-refractivity contribution in [2.75, 3.05) is 0 Å². The summed E-state index contributed by atoms with van der Waals surface area (Å²) in [6.07, 6.45) is 1.80. The van der Waals surface area contributed by atoms with E-state index >= 15 is 0 Å². The number of aliphatic carboxylic acids is 1. The molecule has 0 fully saturated rings. The predicted octanol–water partition coefficient (Wildman–Crippen LogP) is 2.62. The maximum Gasteiger partial charge on any atom is 0.330 e. The van der Waals surface area contributed by atoms with Gasteiger partial charge in [-0.2, -0.15) is 0 Å². The second kappa shape index (κ2) is 6.26. The fraction of sp³-hybridized carbons (Fsp3) is 0.250. The molecule has 1 atom stereocenters. The average Bonchev–Trinajstić information content (AvgIpc) is 2.94. The maximum absolute atomic E-state index is 12.3. The van der Waals surface area contributed by atoms with Gasteiger partial charge in [-0.1, -0.05) is 30.3 Å². The quantitative estimate of drug-likeness (QED) is 0.887. The van der Waals surface area contributed by atoms with Crippen molar-refractivity contribution >= 4 is 11.9 Å². The molecule has 0 aliphatic carbocycles. The Morgan fingerprint density at radius 1 is 1.10 bits per heavy atom. The number of aromatic nitrogens is 1. The fourth-order valence-corrected chi connectivity index (χ4v) is 2.17. The van der Waals surface area contributed by atoms with Gasteiger partial charge in [-0.05, 0) is 31.5 Å². The van der Waals surface area contributed by atoms with Crippen LogP contribution < -0.4 is 5.32 Å². The first-order valence-electron chi connectivity index (χ1n) is 6.76. The Labute approximate surface area is 123 Å². The van der Waals surface area contributed by atoms with Crippen LogP contribution in [0.3, 0.4) is 0 Å². The monoisotopic (exact) mass is 286 g/mol. The summed E-state index contributed by atoms with van der Waals surface area (Å²) in [5.74, 6) is -1.48. The number of nitrogens with zero attached hydrogens (tertiary/aromatic N) is 1. The van der Waals surface area contributed by atoms with Crippen LogP contribution in [0, 0.1) is 0 Å². The van der Waals surface area contributed by atoms with E-state index in [1.807, 2.05) is 13.8 Å². The van der Waals surface area contributed by atoms with Gasteiger partial charge in [0.25, 0.3) is 5.91 Å². The lowest BCUT2D eigenvalue weighted by Gasteiger charge is -2.17. The summed E-state index contributed by atoms with van der Waals surface area (Å²) in [6.45, 7) is 3.92. The molecule has 0 saturated carbocycles. The van der Waals surface area contributed by atoms with Gasteiger partial charge in [-0.15, -0.1) is 0 Å². The first-order valence-corrected chi connectivity index (χ1v) is 6.76. The Hall–Kier alpha value is -2.56. The number of rotatable bonds is 5. The number of carboxylic acid groups (broad SMARTS) is 1. The summed E-state index contributed by atoms with van der Waals surface area (Å²) in [6, 6.07) is 11.2. The van der Waals surface area contributed by atoms with Crippen LogP contribution in [0.2, 0.25) is 0 Å². The average molecular weight is 286 g/mol.